The maximum Gasteiger partial charge on any atom is 0.238 e. The number of rotatable bonds is 8. The molecule has 3 aromatic rings. The third kappa shape index (κ3) is 5.44. The highest BCUT2D eigenvalue weighted by molar-refractivity contribution is 5.96. The minimum atomic E-state index is -0.0307. The predicted octanol–water partition coefficient (Wildman–Crippen LogP) is 4.82. The molecule has 0 radical (unpaired) electrons. The van der Waals surface area contributed by atoms with Gasteiger partial charge in [-0.1, -0.05) is 60.7 Å². The number of benzene rings is 3. The van der Waals surface area contributed by atoms with Crippen molar-refractivity contribution in [1.29, 1.82) is 0 Å². The van der Waals surface area contributed by atoms with E-state index in [2.05, 4.69) is 5.32 Å². The average molecular weight is 374 g/mol. The molecule has 28 heavy (non-hydrogen) atoms. The monoisotopic (exact) mass is 374 g/mol. The van der Waals surface area contributed by atoms with Gasteiger partial charge in [-0.3, -0.25) is 9.69 Å². The quantitative estimate of drug-likeness (QED) is 0.614. The molecule has 0 atom stereocenters. The lowest BCUT2D eigenvalue weighted by Crippen LogP contribution is -2.30. The molecule has 4 heteroatoms. The standard InChI is InChI=1S/C24H26N2O2/c1-3-28-21-15-13-19(14-16-21)17-26(2)18-24(27)25-23-12-8-7-11-22(23)20-9-5-4-6-10-20/h4-16H,3,17-18H2,1-2H3,(H,25,27). The fourth-order valence-electron chi connectivity index (χ4n) is 3.12. The molecule has 1 N–H and O–H groups in total. The predicted molar refractivity (Wildman–Crippen MR) is 114 cm³/mol. The van der Waals surface area contributed by atoms with E-state index in [9.17, 15) is 4.79 Å². The van der Waals surface area contributed by atoms with Crippen molar-refractivity contribution >= 4 is 11.6 Å². The lowest BCUT2D eigenvalue weighted by molar-refractivity contribution is -0.117. The van der Waals surface area contributed by atoms with E-state index >= 15 is 0 Å². The molecule has 0 heterocycles. The summed E-state index contributed by atoms with van der Waals surface area (Å²) in [6.07, 6.45) is 0. The van der Waals surface area contributed by atoms with Gasteiger partial charge in [0.15, 0.2) is 0 Å². The summed E-state index contributed by atoms with van der Waals surface area (Å²) in [4.78, 5) is 14.6. The van der Waals surface area contributed by atoms with E-state index in [1.807, 2.05) is 97.7 Å². The molecule has 0 aliphatic heterocycles. The molecule has 144 valence electrons. The average Bonchev–Trinajstić information content (AvgIpc) is 2.70. The number of para-hydroxylation sites is 1. The molecule has 3 aromatic carbocycles. The molecule has 0 bridgehead atoms. The van der Waals surface area contributed by atoms with Crippen molar-refractivity contribution < 1.29 is 9.53 Å². The number of amides is 1. The number of nitrogens with one attached hydrogen (secondary N) is 1. The highest BCUT2D eigenvalue weighted by atomic mass is 16.5. The summed E-state index contributed by atoms with van der Waals surface area (Å²) in [5.74, 6) is 0.834. The van der Waals surface area contributed by atoms with Gasteiger partial charge < -0.3 is 10.1 Å². The van der Waals surface area contributed by atoms with Gasteiger partial charge in [0.05, 0.1) is 13.2 Å². The molecule has 0 aliphatic rings. The molecule has 0 saturated carbocycles. The minimum absolute atomic E-state index is 0.0307. The summed E-state index contributed by atoms with van der Waals surface area (Å²) >= 11 is 0. The Morgan fingerprint density at radius 1 is 0.929 bits per heavy atom. The number of carbonyl (C=O) groups is 1. The largest absolute Gasteiger partial charge is 0.494 e. The second-order valence-corrected chi connectivity index (χ2v) is 6.71. The van der Waals surface area contributed by atoms with Crippen LogP contribution in [0.2, 0.25) is 0 Å². The van der Waals surface area contributed by atoms with Crippen molar-refractivity contribution in [3.63, 3.8) is 0 Å². The Morgan fingerprint density at radius 3 is 2.32 bits per heavy atom. The zero-order valence-electron chi connectivity index (χ0n) is 16.4. The zero-order valence-corrected chi connectivity index (χ0v) is 16.4. The first kappa shape index (κ1) is 19.6. The van der Waals surface area contributed by atoms with Gasteiger partial charge in [-0.25, -0.2) is 0 Å². The highest BCUT2D eigenvalue weighted by Crippen LogP contribution is 2.27. The summed E-state index contributed by atoms with van der Waals surface area (Å²) < 4.78 is 5.47. The van der Waals surface area contributed by atoms with Crippen LogP contribution in [-0.2, 0) is 11.3 Å². The molecule has 0 fully saturated rings. The van der Waals surface area contributed by atoms with Crippen LogP contribution in [0.25, 0.3) is 11.1 Å². The first-order valence-corrected chi connectivity index (χ1v) is 9.50. The molecular weight excluding hydrogens is 348 g/mol. The Hall–Kier alpha value is -3.11. The smallest absolute Gasteiger partial charge is 0.238 e. The van der Waals surface area contributed by atoms with E-state index < -0.39 is 0 Å². The van der Waals surface area contributed by atoms with E-state index in [-0.39, 0.29) is 5.91 Å². The van der Waals surface area contributed by atoms with E-state index in [4.69, 9.17) is 4.74 Å². The van der Waals surface area contributed by atoms with Gasteiger partial charge in [-0.2, -0.15) is 0 Å². The van der Waals surface area contributed by atoms with Crippen LogP contribution in [-0.4, -0.2) is 31.0 Å². The van der Waals surface area contributed by atoms with Crippen molar-refractivity contribution in [2.45, 2.75) is 13.5 Å². The van der Waals surface area contributed by atoms with Crippen LogP contribution in [0.15, 0.2) is 78.9 Å². The SMILES string of the molecule is CCOc1ccc(CN(C)CC(=O)Nc2ccccc2-c2ccccc2)cc1. The molecule has 3 rings (SSSR count). The van der Waals surface area contributed by atoms with Gasteiger partial charge >= 0.3 is 0 Å². The Kier molecular flexibility index (Phi) is 6.82. The van der Waals surface area contributed by atoms with Crippen LogP contribution in [0, 0.1) is 0 Å². The van der Waals surface area contributed by atoms with Crippen LogP contribution >= 0.6 is 0 Å². The lowest BCUT2D eigenvalue weighted by atomic mass is 10.0. The van der Waals surface area contributed by atoms with Crippen molar-refractivity contribution in [3.8, 4) is 16.9 Å². The van der Waals surface area contributed by atoms with Gasteiger partial charge in [0, 0.05) is 17.8 Å². The van der Waals surface area contributed by atoms with Gasteiger partial charge in [-0.05, 0) is 43.3 Å². The maximum atomic E-state index is 12.6. The molecule has 0 spiro atoms. The molecule has 0 saturated heterocycles. The number of likely N-dealkylation sites (N-methyl/N-ethyl adjacent to an activating group) is 1. The van der Waals surface area contributed by atoms with E-state index in [0.29, 0.717) is 19.7 Å². The normalized spacial score (nSPS) is 10.7. The van der Waals surface area contributed by atoms with E-state index in [1.165, 1.54) is 0 Å². The van der Waals surface area contributed by atoms with Crippen molar-refractivity contribution in [3.05, 3.63) is 84.4 Å². The summed E-state index contributed by atoms with van der Waals surface area (Å²) in [5.41, 5.74) is 4.07. The van der Waals surface area contributed by atoms with E-state index in [0.717, 1.165) is 28.1 Å². The van der Waals surface area contributed by atoms with Crippen molar-refractivity contribution in [2.24, 2.45) is 0 Å². The number of anilines is 1. The van der Waals surface area contributed by atoms with Gasteiger partial charge in [0.1, 0.15) is 5.75 Å². The Morgan fingerprint density at radius 2 is 1.61 bits per heavy atom. The van der Waals surface area contributed by atoms with Crippen LogP contribution in [0.5, 0.6) is 5.75 Å². The summed E-state index contributed by atoms with van der Waals surface area (Å²) in [6.45, 7) is 3.64. The second-order valence-electron chi connectivity index (χ2n) is 6.71. The van der Waals surface area contributed by atoms with E-state index in [1.54, 1.807) is 0 Å². The molecule has 1 amide bonds. The van der Waals surface area contributed by atoms with Crippen molar-refractivity contribution in [2.75, 3.05) is 25.5 Å². The maximum absolute atomic E-state index is 12.6. The fraction of sp³-hybridized carbons (Fsp3) is 0.208. The van der Waals surface area contributed by atoms with Crippen LogP contribution in [0.1, 0.15) is 12.5 Å². The Labute approximate surface area is 166 Å². The topological polar surface area (TPSA) is 41.6 Å². The number of hydrogen-bond donors (Lipinski definition) is 1. The first-order valence-electron chi connectivity index (χ1n) is 9.50. The third-order valence-corrected chi connectivity index (χ3v) is 4.39. The summed E-state index contributed by atoms with van der Waals surface area (Å²) in [6, 6.07) is 25.9. The summed E-state index contributed by atoms with van der Waals surface area (Å²) in [7, 11) is 1.94. The number of carbonyl (C=O) groups excluding carboxylic acids is 1. The molecule has 4 nitrogen and oxygen atoms in total. The first-order chi connectivity index (χ1) is 13.7. The minimum Gasteiger partial charge on any atom is -0.494 e. The zero-order chi connectivity index (χ0) is 19.8. The summed E-state index contributed by atoms with van der Waals surface area (Å²) in [5, 5.41) is 3.05. The Balaban J connectivity index is 1.60. The fourth-order valence-corrected chi connectivity index (χ4v) is 3.12. The number of hydrogen-bond acceptors (Lipinski definition) is 3. The van der Waals surface area contributed by atoms with Gasteiger partial charge in [0.2, 0.25) is 5.91 Å². The number of nitrogens with zero attached hydrogens (tertiary/aromatic N) is 1. The molecule has 0 aliphatic carbocycles. The lowest BCUT2D eigenvalue weighted by Gasteiger charge is -2.18. The Bertz CT molecular complexity index is 892. The van der Waals surface area contributed by atoms with Gasteiger partial charge in [-0.15, -0.1) is 0 Å². The molecule has 0 aromatic heterocycles. The molecular formula is C24H26N2O2. The van der Waals surface area contributed by atoms with Crippen molar-refractivity contribution in [1.82, 2.24) is 4.90 Å². The number of ether oxygens (including phenoxy) is 1. The van der Waals surface area contributed by atoms with Crippen LogP contribution in [0.4, 0.5) is 5.69 Å². The van der Waals surface area contributed by atoms with Crippen LogP contribution < -0.4 is 10.1 Å². The molecule has 0 unspecified atom stereocenters. The van der Waals surface area contributed by atoms with Gasteiger partial charge in [0.25, 0.3) is 0 Å². The van der Waals surface area contributed by atoms with Crippen LogP contribution in [0.3, 0.4) is 0 Å². The third-order valence-electron chi connectivity index (χ3n) is 4.39. The second kappa shape index (κ2) is 9.72. The highest BCUT2D eigenvalue weighted by Gasteiger charge is 2.11.